The maximum atomic E-state index is 12.7. The van der Waals surface area contributed by atoms with Crippen molar-refractivity contribution < 1.29 is 9.15 Å². The molecule has 0 aliphatic carbocycles. The molecule has 0 saturated carbocycles. The Bertz CT molecular complexity index is 1170. The first-order chi connectivity index (χ1) is 12.5. The highest BCUT2D eigenvalue weighted by Gasteiger charge is 2.37. The Labute approximate surface area is 157 Å². The molecule has 1 aliphatic heterocycles. The Morgan fingerprint density at radius 2 is 1.73 bits per heavy atom. The van der Waals surface area contributed by atoms with Crippen LogP contribution in [0.15, 0.2) is 63.1 Å². The molecule has 1 aliphatic rings. The van der Waals surface area contributed by atoms with Gasteiger partial charge in [-0.25, -0.2) is 4.79 Å². The van der Waals surface area contributed by atoms with Crippen LogP contribution >= 0.6 is 23.2 Å². The van der Waals surface area contributed by atoms with E-state index in [0.29, 0.717) is 26.6 Å². The van der Waals surface area contributed by atoms with Gasteiger partial charge < -0.3 is 14.9 Å². The van der Waals surface area contributed by atoms with E-state index >= 15 is 0 Å². The van der Waals surface area contributed by atoms with Crippen molar-refractivity contribution in [3.8, 4) is 11.8 Å². The molecule has 0 unspecified atom stereocenters. The fraction of sp³-hybridized carbons (Fsp3) is 0.0526. The van der Waals surface area contributed by atoms with E-state index < -0.39 is 11.5 Å². The number of ether oxygens (including phenoxy) is 1. The minimum Gasteiger partial charge on any atom is -0.439 e. The van der Waals surface area contributed by atoms with Gasteiger partial charge in [-0.05, 0) is 24.3 Å². The molecule has 3 aromatic rings. The Balaban J connectivity index is 2.15. The number of hydrogen-bond donors (Lipinski definition) is 1. The van der Waals surface area contributed by atoms with Crippen LogP contribution in [0.25, 0.3) is 11.0 Å². The fourth-order valence-electron chi connectivity index (χ4n) is 3.14. The third-order valence-electron chi connectivity index (χ3n) is 4.26. The minimum atomic E-state index is -0.884. The fourth-order valence-corrected chi connectivity index (χ4v) is 3.76. The van der Waals surface area contributed by atoms with Gasteiger partial charge in [0.15, 0.2) is 5.75 Å². The first-order valence-corrected chi connectivity index (χ1v) is 8.35. The van der Waals surface area contributed by atoms with Gasteiger partial charge in [0.25, 0.3) is 0 Å². The largest absolute Gasteiger partial charge is 0.439 e. The van der Waals surface area contributed by atoms with Gasteiger partial charge >= 0.3 is 5.63 Å². The molecule has 0 fully saturated rings. The van der Waals surface area contributed by atoms with Crippen LogP contribution in [0.4, 0.5) is 0 Å². The molecule has 26 heavy (non-hydrogen) atoms. The molecule has 7 heteroatoms. The summed E-state index contributed by atoms with van der Waals surface area (Å²) in [7, 11) is 0. The zero-order chi connectivity index (χ0) is 18.4. The van der Waals surface area contributed by atoms with Gasteiger partial charge in [-0.3, -0.25) is 0 Å². The maximum absolute atomic E-state index is 12.7. The van der Waals surface area contributed by atoms with Gasteiger partial charge in [0, 0.05) is 15.6 Å². The van der Waals surface area contributed by atoms with Crippen LogP contribution < -0.4 is 16.1 Å². The van der Waals surface area contributed by atoms with Gasteiger partial charge in [-0.1, -0.05) is 41.4 Å². The second-order valence-corrected chi connectivity index (χ2v) is 6.50. The molecule has 2 N–H and O–H groups in total. The van der Waals surface area contributed by atoms with E-state index in [2.05, 4.69) is 0 Å². The van der Waals surface area contributed by atoms with Crippen LogP contribution in [0.1, 0.15) is 17.0 Å². The molecule has 0 bridgehead atoms. The summed E-state index contributed by atoms with van der Waals surface area (Å²) >= 11 is 12.7. The second kappa shape index (κ2) is 6.10. The lowest BCUT2D eigenvalue weighted by atomic mass is 9.83. The van der Waals surface area contributed by atoms with Crippen LogP contribution in [-0.4, -0.2) is 0 Å². The van der Waals surface area contributed by atoms with Crippen molar-refractivity contribution in [3.05, 3.63) is 85.5 Å². The lowest BCUT2D eigenvalue weighted by Gasteiger charge is -2.27. The summed E-state index contributed by atoms with van der Waals surface area (Å²) < 4.78 is 11.1. The van der Waals surface area contributed by atoms with Gasteiger partial charge in [0.05, 0.1) is 16.9 Å². The molecule has 1 atom stereocenters. The molecule has 0 radical (unpaired) electrons. The zero-order valence-corrected chi connectivity index (χ0v) is 14.6. The minimum absolute atomic E-state index is 0.0510. The summed E-state index contributed by atoms with van der Waals surface area (Å²) in [4.78, 5) is 12.7. The molecular weight excluding hydrogens is 375 g/mol. The molecule has 0 saturated heterocycles. The Hall–Kier alpha value is -2.94. The SMILES string of the molecule is N#CC1=C(N)Oc2c(c(=O)oc3ccccc23)[C@H]1c1c(Cl)cccc1Cl. The van der Waals surface area contributed by atoms with Crippen LogP contribution in [-0.2, 0) is 0 Å². The predicted molar refractivity (Wildman–Crippen MR) is 98.2 cm³/mol. The van der Waals surface area contributed by atoms with Crippen molar-refractivity contribution >= 4 is 34.2 Å². The zero-order valence-electron chi connectivity index (χ0n) is 13.1. The number of allylic oxidation sites excluding steroid dienone is 1. The summed E-state index contributed by atoms with van der Waals surface area (Å²) in [6, 6.07) is 13.9. The molecular formula is C19H10Cl2N2O3. The van der Waals surface area contributed by atoms with E-state index in [1.54, 1.807) is 42.5 Å². The summed E-state index contributed by atoms with van der Waals surface area (Å²) in [6.07, 6.45) is 0. The summed E-state index contributed by atoms with van der Waals surface area (Å²) in [6.45, 7) is 0. The van der Waals surface area contributed by atoms with Gasteiger partial charge in [0.1, 0.15) is 17.2 Å². The Morgan fingerprint density at radius 3 is 2.42 bits per heavy atom. The molecule has 0 amide bonds. The Kier molecular flexibility index (Phi) is 3.87. The highest BCUT2D eigenvalue weighted by molar-refractivity contribution is 6.36. The van der Waals surface area contributed by atoms with Gasteiger partial charge in [-0.15, -0.1) is 0 Å². The lowest BCUT2D eigenvalue weighted by Crippen LogP contribution is -2.26. The Morgan fingerprint density at radius 1 is 1.04 bits per heavy atom. The maximum Gasteiger partial charge on any atom is 0.344 e. The second-order valence-electron chi connectivity index (χ2n) is 5.69. The number of nitriles is 1. The monoisotopic (exact) mass is 384 g/mol. The number of nitrogens with zero attached hydrogens (tertiary/aromatic N) is 1. The van der Waals surface area contributed by atoms with Crippen LogP contribution in [0.3, 0.4) is 0 Å². The standard InChI is InChI=1S/C19H10Cl2N2O3/c20-11-5-3-6-12(21)15(11)14-10(8-22)18(23)26-17-9-4-1-2-7-13(9)25-19(24)16(14)17/h1-7,14H,23H2/t14-/m1/s1. The molecule has 5 nitrogen and oxygen atoms in total. The average Bonchev–Trinajstić information content (AvgIpc) is 2.61. The molecule has 4 rings (SSSR count). The number of para-hydroxylation sites is 1. The van der Waals surface area contributed by atoms with E-state index in [4.69, 9.17) is 38.1 Å². The predicted octanol–water partition coefficient (Wildman–Crippen LogP) is 4.32. The first-order valence-electron chi connectivity index (χ1n) is 7.60. The molecule has 2 aromatic carbocycles. The number of fused-ring (bicyclic) bond motifs is 3. The van der Waals surface area contributed by atoms with Crippen molar-refractivity contribution in [2.75, 3.05) is 0 Å². The molecule has 2 heterocycles. The smallest absolute Gasteiger partial charge is 0.344 e. The van der Waals surface area contributed by atoms with Crippen molar-refractivity contribution in [2.24, 2.45) is 5.73 Å². The van der Waals surface area contributed by atoms with E-state index in [9.17, 15) is 10.1 Å². The summed E-state index contributed by atoms with van der Waals surface area (Å²) in [5.41, 5.74) is 6.30. The van der Waals surface area contributed by atoms with Crippen molar-refractivity contribution in [1.29, 1.82) is 5.26 Å². The number of halogens is 2. The summed E-state index contributed by atoms with van der Waals surface area (Å²) in [5, 5.41) is 10.8. The van der Waals surface area contributed by atoms with E-state index in [-0.39, 0.29) is 22.8 Å². The van der Waals surface area contributed by atoms with Gasteiger partial charge in [0.2, 0.25) is 5.88 Å². The van der Waals surface area contributed by atoms with Crippen molar-refractivity contribution in [3.63, 3.8) is 0 Å². The van der Waals surface area contributed by atoms with Crippen LogP contribution in [0, 0.1) is 11.3 Å². The van der Waals surface area contributed by atoms with Crippen LogP contribution in [0.5, 0.6) is 5.75 Å². The summed E-state index contributed by atoms with van der Waals surface area (Å²) in [5.74, 6) is -0.739. The number of nitrogens with two attached hydrogens (primary N) is 1. The third-order valence-corrected chi connectivity index (χ3v) is 4.92. The normalized spacial score (nSPS) is 16.1. The third kappa shape index (κ3) is 2.35. The number of benzene rings is 2. The number of hydrogen-bond acceptors (Lipinski definition) is 5. The van der Waals surface area contributed by atoms with Gasteiger partial charge in [-0.2, -0.15) is 5.26 Å². The van der Waals surface area contributed by atoms with Crippen molar-refractivity contribution in [2.45, 2.75) is 5.92 Å². The lowest BCUT2D eigenvalue weighted by molar-refractivity contribution is 0.388. The highest BCUT2D eigenvalue weighted by Crippen LogP contribution is 2.47. The van der Waals surface area contributed by atoms with E-state index in [0.717, 1.165) is 0 Å². The molecule has 0 spiro atoms. The van der Waals surface area contributed by atoms with E-state index in [1.165, 1.54) is 0 Å². The van der Waals surface area contributed by atoms with E-state index in [1.807, 2.05) is 6.07 Å². The average molecular weight is 385 g/mol. The highest BCUT2D eigenvalue weighted by atomic mass is 35.5. The molecule has 128 valence electrons. The van der Waals surface area contributed by atoms with Crippen molar-refractivity contribution in [1.82, 2.24) is 0 Å². The number of rotatable bonds is 1. The molecule has 1 aromatic heterocycles. The first kappa shape index (κ1) is 16.5. The topological polar surface area (TPSA) is 89.3 Å². The quantitative estimate of drug-likeness (QED) is 0.631. The van der Waals surface area contributed by atoms with Crippen LogP contribution in [0.2, 0.25) is 10.0 Å².